The van der Waals surface area contributed by atoms with Crippen molar-refractivity contribution in [2.24, 2.45) is 0 Å². The van der Waals surface area contributed by atoms with Crippen molar-refractivity contribution in [1.29, 1.82) is 0 Å². The van der Waals surface area contributed by atoms with Gasteiger partial charge in [0.1, 0.15) is 12.1 Å². The molecule has 0 aromatic carbocycles. The Kier molecular flexibility index (Phi) is 12.9. The molecule has 2 fully saturated rings. The predicted molar refractivity (Wildman–Crippen MR) is 144 cm³/mol. The molecule has 0 bridgehead atoms. The van der Waals surface area contributed by atoms with Crippen molar-refractivity contribution >= 4 is 70.9 Å². The van der Waals surface area contributed by atoms with Crippen molar-refractivity contribution in [3.63, 3.8) is 0 Å². The molecule has 0 aromatic rings. The van der Waals surface area contributed by atoms with E-state index in [0.717, 1.165) is 33.3 Å². The van der Waals surface area contributed by atoms with E-state index in [1.807, 2.05) is 0 Å². The Bertz CT molecular complexity index is 959. The Morgan fingerprint density at radius 2 is 1.07 bits per heavy atom. The van der Waals surface area contributed by atoms with Gasteiger partial charge in [0.15, 0.2) is 0 Å². The number of thioether (sulfide) groups is 2. The summed E-state index contributed by atoms with van der Waals surface area (Å²) in [5, 5.41) is 21.6. The first kappa shape index (κ1) is 33.1. The third-order valence-corrected chi connectivity index (χ3v) is 8.79. The summed E-state index contributed by atoms with van der Waals surface area (Å²) in [6.07, 6.45) is 2.27. The maximum atomic E-state index is 12.6. The number of carboxylic acids is 2. The summed E-state index contributed by atoms with van der Waals surface area (Å²) in [7, 11) is 0. The predicted octanol–water partition coefficient (Wildman–Crippen LogP) is -0.553. The minimum Gasteiger partial charge on any atom is -0.480 e. The number of likely N-dealkylation sites (tertiary alicyclic amines) is 2. The number of nitrogens with one attached hydrogen (secondary N) is 2. The highest BCUT2D eigenvalue weighted by molar-refractivity contribution is 8.01. The minimum atomic E-state index is -1.23. The summed E-state index contributed by atoms with van der Waals surface area (Å²) in [5.41, 5.74) is 0. The Morgan fingerprint density at radius 1 is 0.725 bits per heavy atom. The third kappa shape index (κ3) is 9.80. The molecule has 2 unspecified atom stereocenters. The van der Waals surface area contributed by atoms with Crippen LogP contribution in [0.3, 0.4) is 0 Å². The first-order valence-corrected chi connectivity index (χ1v) is 14.8. The second-order valence-corrected chi connectivity index (χ2v) is 11.9. The summed E-state index contributed by atoms with van der Waals surface area (Å²) in [6, 6.07) is -2.32. The van der Waals surface area contributed by atoms with E-state index in [4.69, 9.17) is 0 Å². The summed E-state index contributed by atoms with van der Waals surface area (Å²) < 4.78 is 0. The van der Waals surface area contributed by atoms with Crippen molar-refractivity contribution in [3.05, 3.63) is 0 Å². The standard InChI is InChI=1S/C24H34N4O10S2/c1-13(29)25-15(23(35)36)11-39-17-9-19(31)27(21(17)33)7-5-3-4-6-8-28-20(32)10-18(22(28)34)40-12-16(24(37)38)26-14(2)30/h15-18H,3-12H2,1-2H3,(H,25,29)(H,26,30)(H,35,36)(H,37,38)/t15-,16-,17?,18?/m0/s1. The Morgan fingerprint density at radius 3 is 1.38 bits per heavy atom. The van der Waals surface area contributed by atoms with Crippen molar-refractivity contribution < 1.29 is 48.6 Å². The molecule has 16 heteroatoms. The molecule has 14 nitrogen and oxygen atoms in total. The maximum absolute atomic E-state index is 12.6. The van der Waals surface area contributed by atoms with Crippen LogP contribution >= 0.6 is 23.5 Å². The number of hydrogen-bond acceptors (Lipinski definition) is 10. The van der Waals surface area contributed by atoms with Crippen molar-refractivity contribution in [1.82, 2.24) is 20.4 Å². The van der Waals surface area contributed by atoms with Crippen LogP contribution in [0.4, 0.5) is 0 Å². The Labute approximate surface area is 239 Å². The number of hydrogen-bond donors (Lipinski definition) is 4. The zero-order valence-electron chi connectivity index (χ0n) is 22.3. The molecule has 40 heavy (non-hydrogen) atoms. The molecule has 0 spiro atoms. The first-order valence-electron chi connectivity index (χ1n) is 12.7. The third-order valence-electron chi connectivity index (χ3n) is 6.20. The number of aliphatic carboxylic acids is 2. The number of carbonyl (C=O) groups excluding carboxylic acids is 6. The molecular formula is C24H34N4O10S2. The largest absolute Gasteiger partial charge is 0.480 e. The fourth-order valence-electron chi connectivity index (χ4n) is 4.19. The molecule has 222 valence electrons. The van der Waals surface area contributed by atoms with E-state index in [9.17, 15) is 48.6 Å². The molecule has 2 saturated heterocycles. The van der Waals surface area contributed by atoms with Gasteiger partial charge in [-0.2, -0.15) is 0 Å². The summed E-state index contributed by atoms with van der Waals surface area (Å²) in [4.78, 5) is 97.0. The van der Waals surface area contributed by atoms with Gasteiger partial charge in [0, 0.05) is 51.3 Å². The molecule has 4 N–H and O–H groups in total. The molecule has 0 aliphatic carbocycles. The normalized spacial score (nSPS) is 20.6. The van der Waals surface area contributed by atoms with E-state index in [1.165, 1.54) is 13.8 Å². The van der Waals surface area contributed by atoms with Crippen LogP contribution in [-0.4, -0.2) is 115 Å². The Balaban J connectivity index is 1.70. The lowest BCUT2D eigenvalue weighted by atomic mass is 10.2. The fourth-order valence-corrected chi connectivity index (χ4v) is 6.56. The van der Waals surface area contributed by atoms with Crippen LogP contribution in [0.25, 0.3) is 0 Å². The molecule has 0 radical (unpaired) electrons. The highest BCUT2D eigenvalue weighted by Crippen LogP contribution is 2.27. The molecule has 0 aromatic heterocycles. The van der Waals surface area contributed by atoms with Gasteiger partial charge < -0.3 is 20.8 Å². The van der Waals surface area contributed by atoms with E-state index >= 15 is 0 Å². The van der Waals surface area contributed by atoms with Gasteiger partial charge in [-0.15, -0.1) is 23.5 Å². The second kappa shape index (κ2) is 15.6. The molecular weight excluding hydrogens is 568 g/mol. The van der Waals surface area contributed by atoms with Crippen LogP contribution in [0.1, 0.15) is 52.4 Å². The highest BCUT2D eigenvalue weighted by Gasteiger charge is 2.40. The molecule has 2 aliphatic heterocycles. The van der Waals surface area contributed by atoms with Crippen molar-refractivity contribution in [2.45, 2.75) is 75.0 Å². The quantitative estimate of drug-likeness (QED) is 0.122. The summed E-state index contributed by atoms with van der Waals surface area (Å²) >= 11 is 2.05. The van der Waals surface area contributed by atoms with Gasteiger partial charge in [0.05, 0.1) is 10.5 Å². The lowest BCUT2D eigenvalue weighted by molar-refractivity contribution is -0.141. The minimum absolute atomic E-state index is 0.0354. The average molecular weight is 603 g/mol. The lowest BCUT2D eigenvalue weighted by Crippen LogP contribution is -2.42. The fraction of sp³-hybridized carbons (Fsp3) is 0.667. The number of rotatable bonds is 17. The van der Waals surface area contributed by atoms with Gasteiger partial charge in [-0.25, -0.2) is 9.59 Å². The van der Waals surface area contributed by atoms with E-state index in [1.54, 1.807) is 0 Å². The van der Waals surface area contributed by atoms with Gasteiger partial charge >= 0.3 is 11.9 Å². The molecule has 2 aliphatic rings. The Hall–Kier alpha value is -3.14. The zero-order chi connectivity index (χ0) is 30.0. The van der Waals surface area contributed by atoms with Crippen molar-refractivity contribution in [3.8, 4) is 0 Å². The number of nitrogens with zero attached hydrogens (tertiary/aromatic N) is 2. The van der Waals surface area contributed by atoms with E-state index in [0.29, 0.717) is 25.7 Å². The van der Waals surface area contributed by atoms with Crippen molar-refractivity contribution in [2.75, 3.05) is 24.6 Å². The van der Waals surface area contributed by atoms with Gasteiger partial charge in [0.25, 0.3) is 0 Å². The van der Waals surface area contributed by atoms with Crippen LogP contribution in [0.5, 0.6) is 0 Å². The molecule has 4 atom stereocenters. The topological polar surface area (TPSA) is 208 Å². The second-order valence-electron chi connectivity index (χ2n) is 9.42. The van der Waals surface area contributed by atoms with Crippen LogP contribution in [0, 0.1) is 0 Å². The van der Waals surface area contributed by atoms with E-state index in [2.05, 4.69) is 10.6 Å². The van der Waals surface area contributed by atoms with Gasteiger partial charge in [-0.05, 0) is 12.8 Å². The number of carboxylic acid groups (broad SMARTS) is 2. The molecule has 6 amide bonds. The average Bonchev–Trinajstić information content (AvgIpc) is 3.29. The van der Waals surface area contributed by atoms with Crippen LogP contribution in [-0.2, 0) is 38.4 Å². The lowest BCUT2D eigenvalue weighted by Gasteiger charge is -2.17. The first-order chi connectivity index (χ1) is 18.8. The molecule has 2 heterocycles. The van der Waals surface area contributed by atoms with E-state index < -0.39 is 46.3 Å². The SMILES string of the molecule is CC(=O)N[C@@H](CSC1CC(=O)N(CCCCCCN2C(=O)CC(SC[C@H](NC(C)=O)C(=O)O)C2=O)C1=O)C(=O)O. The van der Waals surface area contributed by atoms with Crippen LogP contribution in [0.2, 0.25) is 0 Å². The summed E-state index contributed by atoms with van der Waals surface area (Å²) in [5.74, 6) is -5.01. The van der Waals surface area contributed by atoms with Crippen LogP contribution in [0.15, 0.2) is 0 Å². The monoisotopic (exact) mass is 602 g/mol. The van der Waals surface area contributed by atoms with Gasteiger partial charge in [-0.3, -0.25) is 38.6 Å². The highest BCUT2D eigenvalue weighted by atomic mass is 32.2. The number of imide groups is 2. The number of amides is 6. The zero-order valence-corrected chi connectivity index (χ0v) is 23.9. The summed E-state index contributed by atoms with van der Waals surface area (Å²) in [6.45, 7) is 2.81. The molecule has 2 rings (SSSR count). The smallest absolute Gasteiger partial charge is 0.327 e. The number of carbonyl (C=O) groups is 8. The molecule has 0 saturated carbocycles. The van der Waals surface area contributed by atoms with Gasteiger partial charge in [0.2, 0.25) is 35.4 Å². The maximum Gasteiger partial charge on any atom is 0.327 e. The van der Waals surface area contributed by atoms with E-state index in [-0.39, 0.29) is 61.1 Å². The van der Waals surface area contributed by atoms with Gasteiger partial charge in [-0.1, -0.05) is 12.8 Å². The number of unbranched alkanes of at least 4 members (excludes halogenated alkanes) is 3. The van der Waals surface area contributed by atoms with Crippen LogP contribution < -0.4 is 10.6 Å².